The van der Waals surface area contributed by atoms with E-state index in [-0.39, 0.29) is 0 Å². The molecule has 1 aromatic heterocycles. The summed E-state index contributed by atoms with van der Waals surface area (Å²) in [6.07, 6.45) is 5.01. The molecule has 110 valence electrons. The van der Waals surface area contributed by atoms with Crippen molar-refractivity contribution in [3.05, 3.63) is 59.4 Å². The Morgan fingerprint density at radius 3 is 2.81 bits per heavy atom. The van der Waals surface area contributed by atoms with Crippen LogP contribution in [0.25, 0.3) is 0 Å². The SMILES string of the molecule is CC(C)NCc1ccncc1N1CCc2ccccc2C1. The largest absolute Gasteiger partial charge is 0.365 e. The van der Waals surface area contributed by atoms with Crippen LogP contribution in [0, 0.1) is 0 Å². The van der Waals surface area contributed by atoms with E-state index in [0.29, 0.717) is 6.04 Å². The number of anilines is 1. The van der Waals surface area contributed by atoms with Gasteiger partial charge in [-0.25, -0.2) is 0 Å². The Bertz CT molecular complexity index is 607. The highest BCUT2D eigenvalue weighted by molar-refractivity contribution is 5.54. The molecule has 3 heteroatoms. The molecule has 0 aliphatic carbocycles. The van der Waals surface area contributed by atoms with Gasteiger partial charge in [0, 0.05) is 31.9 Å². The second-order valence-corrected chi connectivity index (χ2v) is 5.98. The summed E-state index contributed by atoms with van der Waals surface area (Å²) >= 11 is 0. The van der Waals surface area contributed by atoms with Gasteiger partial charge in [-0.3, -0.25) is 4.98 Å². The number of fused-ring (bicyclic) bond motifs is 1. The molecule has 0 saturated heterocycles. The fourth-order valence-corrected chi connectivity index (χ4v) is 2.86. The minimum atomic E-state index is 0.494. The minimum absolute atomic E-state index is 0.494. The van der Waals surface area contributed by atoms with E-state index < -0.39 is 0 Å². The molecule has 3 nitrogen and oxygen atoms in total. The van der Waals surface area contributed by atoms with Crippen molar-refractivity contribution in [2.45, 2.75) is 39.4 Å². The number of rotatable bonds is 4. The fourth-order valence-electron chi connectivity index (χ4n) is 2.86. The van der Waals surface area contributed by atoms with Crippen LogP contribution in [0.3, 0.4) is 0 Å². The lowest BCUT2D eigenvalue weighted by atomic mass is 9.99. The molecular formula is C18H23N3. The lowest BCUT2D eigenvalue weighted by Crippen LogP contribution is -2.32. The third-order valence-electron chi connectivity index (χ3n) is 4.06. The summed E-state index contributed by atoms with van der Waals surface area (Å²) in [5.74, 6) is 0. The van der Waals surface area contributed by atoms with Crippen molar-refractivity contribution >= 4 is 5.69 Å². The van der Waals surface area contributed by atoms with Crippen LogP contribution in [-0.2, 0) is 19.5 Å². The number of aromatic nitrogens is 1. The maximum absolute atomic E-state index is 4.33. The van der Waals surface area contributed by atoms with Gasteiger partial charge in [0.05, 0.1) is 11.9 Å². The summed E-state index contributed by atoms with van der Waals surface area (Å²) in [5, 5.41) is 3.51. The molecule has 0 saturated carbocycles. The van der Waals surface area contributed by atoms with Gasteiger partial charge in [-0.1, -0.05) is 38.1 Å². The molecule has 1 N–H and O–H groups in total. The normalized spacial score (nSPS) is 14.3. The van der Waals surface area contributed by atoms with Crippen LogP contribution in [0.4, 0.5) is 5.69 Å². The van der Waals surface area contributed by atoms with E-state index in [1.54, 1.807) is 0 Å². The van der Waals surface area contributed by atoms with Crippen molar-refractivity contribution in [1.29, 1.82) is 0 Å². The van der Waals surface area contributed by atoms with E-state index in [9.17, 15) is 0 Å². The molecule has 0 bridgehead atoms. The number of hydrogen-bond acceptors (Lipinski definition) is 3. The highest BCUT2D eigenvalue weighted by Crippen LogP contribution is 2.26. The molecule has 3 rings (SSSR count). The van der Waals surface area contributed by atoms with Crippen LogP contribution in [0.15, 0.2) is 42.7 Å². The monoisotopic (exact) mass is 281 g/mol. The summed E-state index contributed by atoms with van der Waals surface area (Å²) in [7, 11) is 0. The summed E-state index contributed by atoms with van der Waals surface area (Å²) in [5.41, 5.74) is 5.52. The molecule has 0 radical (unpaired) electrons. The van der Waals surface area contributed by atoms with Gasteiger partial charge in [-0.15, -0.1) is 0 Å². The zero-order valence-corrected chi connectivity index (χ0v) is 12.8. The predicted molar refractivity (Wildman–Crippen MR) is 87.4 cm³/mol. The lowest BCUT2D eigenvalue weighted by molar-refractivity contribution is 0.586. The van der Waals surface area contributed by atoms with Gasteiger partial charge < -0.3 is 10.2 Å². The van der Waals surface area contributed by atoms with E-state index >= 15 is 0 Å². The molecule has 2 heterocycles. The van der Waals surface area contributed by atoms with E-state index in [1.165, 1.54) is 22.4 Å². The Labute approximate surface area is 127 Å². The van der Waals surface area contributed by atoms with Crippen LogP contribution in [0.5, 0.6) is 0 Å². The van der Waals surface area contributed by atoms with Crippen molar-refractivity contribution in [1.82, 2.24) is 10.3 Å². The van der Waals surface area contributed by atoms with Crippen molar-refractivity contribution in [3.63, 3.8) is 0 Å². The summed E-state index contributed by atoms with van der Waals surface area (Å²) in [6, 6.07) is 11.4. The predicted octanol–water partition coefficient (Wildman–Crippen LogP) is 3.14. The Hall–Kier alpha value is -1.87. The molecule has 0 atom stereocenters. The zero-order valence-electron chi connectivity index (χ0n) is 12.8. The van der Waals surface area contributed by atoms with Crippen molar-refractivity contribution in [2.75, 3.05) is 11.4 Å². The van der Waals surface area contributed by atoms with E-state index in [1.807, 2.05) is 12.4 Å². The fraction of sp³-hybridized carbons (Fsp3) is 0.389. The Morgan fingerprint density at radius 2 is 2.00 bits per heavy atom. The molecule has 1 aliphatic rings. The number of pyridine rings is 1. The third kappa shape index (κ3) is 3.24. The molecule has 21 heavy (non-hydrogen) atoms. The smallest absolute Gasteiger partial charge is 0.0601 e. The average molecular weight is 281 g/mol. The lowest BCUT2D eigenvalue weighted by Gasteiger charge is -2.32. The molecule has 0 amide bonds. The molecule has 2 aromatic rings. The van der Waals surface area contributed by atoms with Crippen molar-refractivity contribution < 1.29 is 0 Å². The summed E-state index contributed by atoms with van der Waals surface area (Å²) < 4.78 is 0. The standard InChI is InChI=1S/C18H23N3/c1-14(2)20-11-16-7-9-19-12-18(16)21-10-8-15-5-3-4-6-17(15)13-21/h3-7,9,12,14,20H,8,10-11,13H2,1-2H3. The Balaban J connectivity index is 1.81. The van der Waals surface area contributed by atoms with Gasteiger partial charge in [-0.2, -0.15) is 0 Å². The zero-order chi connectivity index (χ0) is 14.7. The van der Waals surface area contributed by atoms with Gasteiger partial charge in [0.15, 0.2) is 0 Å². The number of hydrogen-bond donors (Lipinski definition) is 1. The van der Waals surface area contributed by atoms with E-state index in [0.717, 1.165) is 26.1 Å². The van der Waals surface area contributed by atoms with Gasteiger partial charge in [0.1, 0.15) is 0 Å². The van der Waals surface area contributed by atoms with Gasteiger partial charge in [0.25, 0.3) is 0 Å². The number of nitrogens with zero attached hydrogens (tertiary/aromatic N) is 2. The van der Waals surface area contributed by atoms with Crippen LogP contribution in [-0.4, -0.2) is 17.6 Å². The number of nitrogens with one attached hydrogen (secondary N) is 1. The molecule has 1 aliphatic heterocycles. The maximum atomic E-state index is 4.33. The van der Waals surface area contributed by atoms with Gasteiger partial charge >= 0.3 is 0 Å². The second-order valence-electron chi connectivity index (χ2n) is 5.98. The highest BCUT2D eigenvalue weighted by Gasteiger charge is 2.18. The van der Waals surface area contributed by atoms with Crippen molar-refractivity contribution in [2.24, 2.45) is 0 Å². The van der Waals surface area contributed by atoms with Gasteiger partial charge in [-0.05, 0) is 29.2 Å². The first-order valence-corrected chi connectivity index (χ1v) is 7.72. The topological polar surface area (TPSA) is 28.2 Å². The second kappa shape index (κ2) is 6.27. The first kappa shape index (κ1) is 14.1. The minimum Gasteiger partial charge on any atom is -0.365 e. The Kier molecular flexibility index (Phi) is 4.20. The highest BCUT2D eigenvalue weighted by atomic mass is 15.1. The summed E-state index contributed by atoms with van der Waals surface area (Å²) in [6.45, 7) is 7.30. The quantitative estimate of drug-likeness (QED) is 0.933. The third-order valence-corrected chi connectivity index (χ3v) is 4.06. The molecule has 0 unspecified atom stereocenters. The van der Waals surface area contributed by atoms with Crippen LogP contribution >= 0.6 is 0 Å². The van der Waals surface area contributed by atoms with E-state index in [2.05, 4.69) is 59.4 Å². The average Bonchev–Trinajstić information content (AvgIpc) is 2.52. The first-order valence-electron chi connectivity index (χ1n) is 7.72. The molecule has 1 aromatic carbocycles. The summed E-state index contributed by atoms with van der Waals surface area (Å²) in [4.78, 5) is 6.79. The van der Waals surface area contributed by atoms with Crippen molar-refractivity contribution in [3.8, 4) is 0 Å². The Morgan fingerprint density at radius 1 is 1.19 bits per heavy atom. The van der Waals surface area contributed by atoms with Crippen LogP contribution in [0.1, 0.15) is 30.5 Å². The number of benzene rings is 1. The molecule has 0 fully saturated rings. The first-order chi connectivity index (χ1) is 10.2. The van der Waals surface area contributed by atoms with Gasteiger partial charge in [0.2, 0.25) is 0 Å². The maximum Gasteiger partial charge on any atom is 0.0601 e. The van der Waals surface area contributed by atoms with E-state index in [4.69, 9.17) is 0 Å². The molecule has 0 spiro atoms. The molecular weight excluding hydrogens is 258 g/mol. The van der Waals surface area contributed by atoms with Crippen LogP contribution in [0.2, 0.25) is 0 Å². The van der Waals surface area contributed by atoms with Crippen LogP contribution < -0.4 is 10.2 Å².